The van der Waals surface area contributed by atoms with Gasteiger partial charge in [0.15, 0.2) is 35.1 Å². The summed E-state index contributed by atoms with van der Waals surface area (Å²) < 4.78 is 40.1. The second-order valence-corrected chi connectivity index (χ2v) is 10.8. The monoisotopic (exact) mass is 676 g/mol. The second-order valence-electron chi connectivity index (χ2n) is 10.8. The first-order valence-electron chi connectivity index (χ1n) is 15.4. The van der Waals surface area contributed by atoms with Crippen LogP contribution in [0.3, 0.4) is 0 Å². The molecule has 0 heterocycles. The first kappa shape index (κ1) is 35.0. The summed E-state index contributed by atoms with van der Waals surface area (Å²) in [7, 11) is 8.42. The number of rotatable bonds is 13. The van der Waals surface area contributed by atoms with E-state index in [0.29, 0.717) is 22.8 Å². The van der Waals surface area contributed by atoms with Gasteiger partial charge < -0.3 is 33.2 Å². The van der Waals surface area contributed by atoms with E-state index < -0.39 is 5.97 Å². The van der Waals surface area contributed by atoms with E-state index in [0.717, 1.165) is 5.39 Å². The van der Waals surface area contributed by atoms with Crippen molar-refractivity contribution in [1.29, 1.82) is 0 Å². The van der Waals surface area contributed by atoms with Gasteiger partial charge in [-0.25, -0.2) is 4.79 Å². The Labute approximate surface area is 289 Å². The molecule has 0 aliphatic rings. The first-order valence-corrected chi connectivity index (χ1v) is 15.4. The van der Waals surface area contributed by atoms with E-state index in [1.54, 1.807) is 30.3 Å². The van der Waals surface area contributed by atoms with E-state index in [9.17, 15) is 14.4 Å². The molecule has 5 aromatic carbocycles. The summed E-state index contributed by atoms with van der Waals surface area (Å²) in [5, 5.41) is 1.37. The van der Waals surface area contributed by atoms with Crippen molar-refractivity contribution in [2.75, 3.05) is 42.7 Å². The van der Waals surface area contributed by atoms with Crippen LogP contribution in [0.5, 0.6) is 40.2 Å². The standard InChI is InChI=1S/C40H36O10/c1-8-13-23-14-10-12-17-27(23)35(42)33-26-16-11-9-15-24(26)18-19-29(33)50-40(43)28-21-31(45-3)37(47-5)39(49-7)34(28)32-25(22-41)20-30(44-2)36(46-4)38(32)48-6/h8-22H,1-7H3/b13-8-. The summed E-state index contributed by atoms with van der Waals surface area (Å²) in [5.74, 6) is -0.432. The number of methoxy groups -OCH3 is 6. The van der Waals surface area contributed by atoms with Crippen molar-refractivity contribution < 1.29 is 47.5 Å². The molecule has 0 saturated carbocycles. The summed E-state index contributed by atoms with van der Waals surface area (Å²) >= 11 is 0. The molecule has 5 rings (SSSR count). The van der Waals surface area contributed by atoms with Gasteiger partial charge >= 0.3 is 5.97 Å². The maximum absolute atomic E-state index is 14.6. The highest BCUT2D eigenvalue weighted by molar-refractivity contribution is 6.20. The van der Waals surface area contributed by atoms with Gasteiger partial charge in [-0.1, -0.05) is 66.7 Å². The molecule has 10 nitrogen and oxygen atoms in total. The molecule has 0 aliphatic carbocycles. The van der Waals surface area contributed by atoms with Crippen molar-refractivity contribution in [3.05, 3.63) is 107 Å². The van der Waals surface area contributed by atoms with Crippen molar-refractivity contribution in [2.45, 2.75) is 6.92 Å². The molecule has 0 fully saturated rings. The lowest BCUT2D eigenvalue weighted by Crippen LogP contribution is -2.16. The Morgan fingerprint density at radius 1 is 0.580 bits per heavy atom. The number of esters is 1. The highest BCUT2D eigenvalue weighted by Gasteiger charge is 2.33. The zero-order valence-electron chi connectivity index (χ0n) is 28.7. The maximum Gasteiger partial charge on any atom is 0.344 e. The average molecular weight is 677 g/mol. The molecule has 0 aromatic heterocycles. The zero-order valence-corrected chi connectivity index (χ0v) is 28.7. The lowest BCUT2D eigenvalue weighted by atomic mass is 9.91. The predicted molar refractivity (Wildman–Crippen MR) is 190 cm³/mol. The summed E-state index contributed by atoms with van der Waals surface area (Å²) in [5.41, 5.74) is 1.55. The molecule has 0 spiro atoms. The Morgan fingerprint density at radius 2 is 1.18 bits per heavy atom. The molecule has 0 radical (unpaired) electrons. The number of hydrogen-bond acceptors (Lipinski definition) is 10. The van der Waals surface area contributed by atoms with Crippen LogP contribution in [0.2, 0.25) is 0 Å². The van der Waals surface area contributed by atoms with Crippen molar-refractivity contribution in [3.8, 4) is 51.4 Å². The molecular weight excluding hydrogens is 640 g/mol. The molecule has 0 amide bonds. The van der Waals surface area contributed by atoms with Crippen LogP contribution in [-0.2, 0) is 0 Å². The van der Waals surface area contributed by atoms with Crippen LogP contribution in [0.1, 0.15) is 49.1 Å². The predicted octanol–water partition coefficient (Wildman–Crippen LogP) is 7.85. The van der Waals surface area contributed by atoms with Gasteiger partial charge in [0.2, 0.25) is 11.5 Å². The lowest BCUT2D eigenvalue weighted by Gasteiger charge is -2.23. The molecule has 0 saturated heterocycles. The summed E-state index contributed by atoms with van der Waals surface area (Å²) in [6, 6.07) is 20.7. The minimum atomic E-state index is -0.890. The maximum atomic E-state index is 14.6. The molecule has 10 heteroatoms. The molecular formula is C40H36O10. The Bertz CT molecular complexity index is 2130. The van der Waals surface area contributed by atoms with Gasteiger partial charge in [0.25, 0.3) is 0 Å². The second kappa shape index (κ2) is 15.3. The van der Waals surface area contributed by atoms with Crippen LogP contribution >= 0.6 is 0 Å². The lowest BCUT2D eigenvalue weighted by molar-refractivity contribution is 0.0733. The number of ketones is 1. The SMILES string of the molecule is C/C=C\c1ccccc1C(=O)c1c(OC(=O)c2cc(OC)c(OC)c(OC)c2-c2c(C=O)cc(OC)c(OC)c2OC)ccc2ccccc12. The van der Waals surface area contributed by atoms with Crippen LogP contribution in [0.15, 0.2) is 78.9 Å². The average Bonchev–Trinajstić information content (AvgIpc) is 3.15. The minimum absolute atomic E-state index is 0.0172. The van der Waals surface area contributed by atoms with Crippen molar-refractivity contribution in [3.63, 3.8) is 0 Å². The summed E-state index contributed by atoms with van der Waals surface area (Å²) in [6.07, 6.45) is 4.28. The van der Waals surface area contributed by atoms with Crippen molar-refractivity contribution in [2.24, 2.45) is 0 Å². The summed E-state index contributed by atoms with van der Waals surface area (Å²) in [4.78, 5) is 41.6. The van der Waals surface area contributed by atoms with Gasteiger partial charge in [0.05, 0.1) is 53.8 Å². The number of fused-ring (bicyclic) bond motifs is 1. The quantitative estimate of drug-likeness (QED) is 0.0528. The van der Waals surface area contributed by atoms with Crippen molar-refractivity contribution >= 4 is 34.9 Å². The van der Waals surface area contributed by atoms with Crippen LogP contribution in [0, 0.1) is 0 Å². The number of carbonyl (C=O) groups is 3. The van der Waals surface area contributed by atoms with Crippen LogP contribution in [0.4, 0.5) is 0 Å². The zero-order chi connectivity index (χ0) is 35.9. The molecule has 0 N–H and O–H groups in total. The molecule has 256 valence electrons. The van der Waals surface area contributed by atoms with E-state index >= 15 is 0 Å². The Morgan fingerprint density at radius 3 is 1.80 bits per heavy atom. The summed E-state index contributed by atoms with van der Waals surface area (Å²) in [6.45, 7) is 1.87. The van der Waals surface area contributed by atoms with Crippen LogP contribution in [-0.4, -0.2) is 60.7 Å². The first-order chi connectivity index (χ1) is 24.3. The van der Waals surface area contributed by atoms with E-state index in [2.05, 4.69) is 0 Å². The number of hydrogen-bond donors (Lipinski definition) is 0. The minimum Gasteiger partial charge on any atom is -0.493 e. The van der Waals surface area contributed by atoms with E-state index in [4.69, 9.17) is 33.2 Å². The number of allylic oxidation sites excluding steroid dienone is 1. The highest BCUT2D eigenvalue weighted by atomic mass is 16.5. The van der Waals surface area contributed by atoms with Gasteiger partial charge in [-0.2, -0.15) is 0 Å². The van der Waals surface area contributed by atoms with Crippen LogP contribution < -0.4 is 33.2 Å². The van der Waals surface area contributed by atoms with Crippen LogP contribution in [0.25, 0.3) is 28.0 Å². The number of aldehydes is 1. The Balaban J connectivity index is 1.81. The molecule has 0 unspecified atom stereocenters. The molecule has 0 aliphatic heterocycles. The topological polar surface area (TPSA) is 116 Å². The number of carbonyl (C=O) groups excluding carboxylic acids is 3. The van der Waals surface area contributed by atoms with Gasteiger partial charge in [0.1, 0.15) is 5.75 Å². The fourth-order valence-corrected chi connectivity index (χ4v) is 5.98. The Kier molecular flexibility index (Phi) is 10.7. The number of ether oxygens (including phenoxy) is 7. The third-order valence-electron chi connectivity index (χ3n) is 8.16. The van der Waals surface area contributed by atoms with Gasteiger partial charge in [-0.05, 0) is 41.5 Å². The highest BCUT2D eigenvalue weighted by Crippen LogP contribution is 2.54. The van der Waals surface area contributed by atoms with Gasteiger partial charge in [-0.15, -0.1) is 0 Å². The molecule has 50 heavy (non-hydrogen) atoms. The molecule has 0 atom stereocenters. The largest absolute Gasteiger partial charge is 0.493 e. The third-order valence-corrected chi connectivity index (χ3v) is 8.16. The van der Waals surface area contributed by atoms with Crippen molar-refractivity contribution in [1.82, 2.24) is 0 Å². The fourth-order valence-electron chi connectivity index (χ4n) is 5.98. The molecule has 0 bridgehead atoms. The van der Waals surface area contributed by atoms with E-state index in [1.165, 1.54) is 54.8 Å². The number of benzene rings is 5. The van der Waals surface area contributed by atoms with E-state index in [-0.39, 0.29) is 73.8 Å². The molecule has 5 aromatic rings. The fraction of sp³-hybridized carbons (Fsp3) is 0.175. The Hall–Kier alpha value is -6.29. The van der Waals surface area contributed by atoms with Gasteiger partial charge in [0, 0.05) is 22.3 Å². The van der Waals surface area contributed by atoms with Gasteiger partial charge in [-0.3, -0.25) is 9.59 Å². The third kappa shape index (κ3) is 6.19. The normalized spacial score (nSPS) is 10.9. The smallest absolute Gasteiger partial charge is 0.344 e. The van der Waals surface area contributed by atoms with E-state index in [1.807, 2.05) is 49.4 Å².